The summed E-state index contributed by atoms with van der Waals surface area (Å²) in [6.45, 7) is 0.342. The van der Waals surface area contributed by atoms with E-state index in [-0.39, 0.29) is 13.4 Å². The first-order chi connectivity index (χ1) is 20.4. The molecule has 6 aromatic rings. The fraction of sp³-hybridized carbons (Fsp3) is 0.0270. The third-order valence-electron chi connectivity index (χ3n) is 9.77. The predicted octanol–water partition coefficient (Wildman–Crippen LogP) is 4.30. The van der Waals surface area contributed by atoms with E-state index in [1.165, 1.54) is 64.8 Å². The van der Waals surface area contributed by atoms with Crippen LogP contribution in [0, 0.1) is 0 Å². The first kappa shape index (κ1) is 22.3. The van der Waals surface area contributed by atoms with E-state index in [2.05, 4.69) is 133 Å². The highest BCUT2D eigenvalue weighted by Crippen LogP contribution is 2.50. The van der Waals surface area contributed by atoms with Crippen molar-refractivity contribution in [3.63, 3.8) is 0 Å². The lowest BCUT2D eigenvalue weighted by molar-refractivity contribution is 0.486. The molecule has 1 spiro atoms. The van der Waals surface area contributed by atoms with E-state index < -0.39 is 5.41 Å². The monoisotopic (exact) mass is 536 g/mol. The van der Waals surface area contributed by atoms with Crippen LogP contribution in [0.15, 0.2) is 143 Å². The first-order valence-electron chi connectivity index (χ1n) is 14.3. The largest absolute Gasteiger partial charge is 0.458 e. The third-order valence-corrected chi connectivity index (χ3v) is 10.9. The number of fused-ring (bicyclic) bond motifs is 12. The Labute approximate surface area is 244 Å². The molecule has 0 aliphatic carbocycles. The Balaban J connectivity index is 1.40. The Bertz CT molecular complexity index is 1950. The van der Waals surface area contributed by atoms with Crippen LogP contribution in [0.4, 0.5) is 0 Å². The Morgan fingerprint density at radius 3 is 1.71 bits per heavy atom. The maximum absolute atomic E-state index is 6.67. The number of benzene rings is 6. The van der Waals surface area contributed by atoms with E-state index in [1.807, 2.05) is 11.8 Å². The molecule has 0 saturated heterocycles. The topological polar surface area (TPSA) is 9.23 Å². The average molecular weight is 536 g/mol. The molecular weight excluding hydrogens is 514 g/mol. The van der Waals surface area contributed by atoms with Crippen LogP contribution < -0.4 is 37.5 Å². The van der Waals surface area contributed by atoms with Gasteiger partial charge in [-0.05, 0) is 57.4 Å². The normalized spacial score (nSPS) is 17.9. The summed E-state index contributed by atoms with van der Waals surface area (Å²) < 4.78 is 6.67. The molecule has 4 aliphatic rings. The molecule has 0 fully saturated rings. The van der Waals surface area contributed by atoms with Crippen LogP contribution >= 0.6 is 11.8 Å². The molecule has 0 bridgehead atoms. The van der Waals surface area contributed by atoms with Crippen molar-refractivity contribution in [1.29, 1.82) is 0 Å². The van der Waals surface area contributed by atoms with E-state index >= 15 is 0 Å². The van der Waals surface area contributed by atoms with E-state index in [1.54, 1.807) is 0 Å². The summed E-state index contributed by atoms with van der Waals surface area (Å²) in [4.78, 5) is 2.73. The van der Waals surface area contributed by atoms with Gasteiger partial charge in [-0.2, -0.15) is 0 Å². The highest BCUT2D eigenvalue weighted by atomic mass is 32.2. The molecule has 1 nitrogen and oxygen atoms in total. The molecule has 4 heteroatoms. The van der Waals surface area contributed by atoms with Crippen molar-refractivity contribution < 1.29 is 4.74 Å². The number of hydrogen-bond acceptors (Lipinski definition) is 2. The van der Waals surface area contributed by atoms with Crippen molar-refractivity contribution in [3.8, 4) is 11.5 Å². The van der Waals surface area contributed by atoms with Crippen LogP contribution in [0.5, 0.6) is 11.5 Å². The highest BCUT2D eigenvalue weighted by Gasteiger charge is 2.55. The maximum Gasteiger partial charge on any atom is 0.251 e. The van der Waals surface area contributed by atoms with Gasteiger partial charge in [0.15, 0.2) is 0 Å². The zero-order chi connectivity index (χ0) is 26.7. The standard InChI is InChI=1S/C37H22B2OS/c1-3-15-27-23(11-1)37(25-13-9-20-32-35(25)38(27)29-17-5-7-19-31(29)40-32)24-12-2-4-16-28(24)39-30-18-6-8-21-33(30)41-34-22-10-14-26(37)36(34)39/h1-22H. The Kier molecular flexibility index (Phi) is 4.28. The van der Waals surface area contributed by atoms with Gasteiger partial charge in [0, 0.05) is 9.79 Å². The van der Waals surface area contributed by atoms with Gasteiger partial charge in [-0.3, -0.25) is 0 Å². The zero-order valence-electron chi connectivity index (χ0n) is 22.2. The van der Waals surface area contributed by atoms with Gasteiger partial charge in [-0.15, -0.1) is 0 Å². The van der Waals surface area contributed by atoms with Crippen LogP contribution in [-0.4, -0.2) is 13.4 Å². The summed E-state index contributed by atoms with van der Waals surface area (Å²) in [5.41, 5.74) is 13.3. The average Bonchev–Trinajstić information content (AvgIpc) is 3.03. The maximum atomic E-state index is 6.67. The SMILES string of the molecule is c1ccc2c(c1)Oc1cccc3c1B2c1ccccc1C31c2ccccc2B2c3ccccc3Sc3cccc1c32. The van der Waals surface area contributed by atoms with Gasteiger partial charge in [0.2, 0.25) is 6.71 Å². The first-order valence-corrected chi connectivity index (χ1v) is 15.2. The lowest BCUT2D eigenvalue weighted by atomic mass is 9.26. The molecule has 0 saturated carbocycles. The lowest BCUT2D eigenvalue weighted by Gasteiger charge is -2.51. The highest BCUT2D eigenvalue weighted by molar-refractivity contribution is 8.00. The minimum atomic E-state index is -0.445. The van der Waals surface area contributed by atoms with Gasteiger partial charge < -0.3 is 4.74 Å². The van der Waals surface area contributed by atoms with Crippen molar-refractivity contribution in [2.24, 2.45) is 0 Å². The third kappa shape index (κ3) is 2.63. The van der Waals surface area contributed by atoms with Crippen molar-refractivity contribution in [1.82, 2.24) is 0 Å². The second-order valence-corrected chi connectivity index (χ2v) is 12.6. The van der Waals surface area contributed by atoms with E-state index in [4.69, 9.17) is 4.74 Å². The van der Waals surface area contributed by atoms with Gasteiger partial charge in [0.1, 0.15) is 11.5 Å². The van der Waals surface area contributed by atoms with Gasteiger partial charge in [-0.1, -0.05) is 143 Å². The summed E-state index contributed by atoms with van der Waals surface area (Å²) in [6.07, 6.45) is 0. The Morgan fingerprint density at radius 2 is 0.927 bits per heavy atom. The fourth-order valence-corrected chi connectivity index (χ4v) is 9.56. The van der Waals surface area contributed by atoms with Crippen LogP contribution in [0.2, 0.25) is 0 Å². The molecule has 4 aliphatic heterocycles. The van der Waals surface area contributed by atoms with Gasteiger partial charge in [-0.25, -0.2) is 0 Å². The molecule has 0 N–H and O–H groups in total. The Hall–Kier alpha value is -4.40. The summed E-state index contributed by atoms with van der Waals surface area (Å²) >= 11 is 1.92. The second-order valence-electron chi connectivity index (χ2n) is 11.5. The van der Waals surface area contributed by atoms with Gasteiger partial charge in [0.25, 0.3) is 6.71 Å². The van der Waals surface area contributed by atoms with Crippen molar-refractivity contribution >= 4 is 58.0 Å². The van der Waals surface area contributed by atoms with Crippen LogP contribution in [-0.2, 0) is 5.41 Å². The van der Waals surface area contributed by atoms with E-state index in [0.717, 1.165) is 11.5 Å². The minimum absolute atomic E-state index is 0.132. The molecule has 188 valence electrons. The molecule has 4 heterocycles. The van der Waals surface area contributed by atoms with Crippen LogP contribution in [0.3, 0.4) is 0 Å². The fourth-order valence-electron chi connectivity index (χ4n) is 8.38. The number of hydrogen-bond donors (Lipinski definition) is 0. The van der Waals surface area contributed by atoms with E-state index in [9.17, 15) is 0 Å². The molecular formula is C37H22B2OS. The Morgan fingerprint density at radius 1 is 0.415 bits per heavy atom. The predicted molar refractivity (Wildman–Crippen MR) is 171 cm³/mol. The summed E-state index contributed by atoms with van der Waals surface area (Å²) in [6, 6.07) is 49.7. The summed E-state index contributed by atoms with van der Waals surface area (Å²) in [7, 11) is 0. The van der Waals surface area contributed by atoms with E-state index in [0.29, 0.717) is 0 Å². The van der Waals surface area contributed by atoms with Crippen molar-refractivity contribution in [2.75, 3.05) is 0 Å². The molecule has 0 aromatic heterocycles. The minimum Gasteiger partial charge on any atom is -0.458 e. The molecule has 41 heavy (non-hydrogen) atoms. The molecule has 10 rings (SSSR count). The quantitative estimate of drug-likeness (QED) is 0.268. The van der Waals surface area contributed by atoms with Crippen molar-refractivity contribution in [3.05, 3.63) is 156 Å². The number of rotatable bonds is 0. The van der Waals surface area contributed by atoms with Gasteiger partial charge >= 0.3 is 0 Å². The van der Waals surface area contributed by atoms with Crippen LogP contribution in [0.1, 0.15) is 22.3 Å². The smallest absolute Gasteiger partial charge is 0.251 e. The zero-order valence-corrected chi connectivity index (χ0v) is 23.0. The second kappa shape index (κ2) is 7.87. The lowest BCUT2D eigenvalue weighted by Crippen LogP contribution is -2.69. The molecule has 0 amide bonds. The number of para-hydroxylation sites is 1. The summed E-state index contributed by atoms with van der Waals surface area (Å²) in [5.74, 6) is 1.94. The molecule has 1 atom stereocenters. The van der Waals surface area contributed by atoms with Crippen molar-refractivity contribution in [2.45, 2.75) is 15.2 Å². The number of ether oxygens (including phenoxy) is 1. The summed E-state index contributed by atoms with van der Waals surface area (Å²) in [5, 5.41) is 0. The molecule has 0 radical (unpaired) electrons. The molecule has 6 aromatic carbocycles. The van der Waals surface area contributed by atoms with Gasteiger partial charge in [0.05, 0.1) is 5.41 Å². The van der Waals surface area contributed by atoms with Crippen LogP contribution in [0.25, 0.3) is 0 Å². The molecule has 1 unspecified atom stereocenters.